The number of aliphatic hydroxyl groups excluding tert-OH is 1. The fourth-order valence-corrected chi connectivity index (χ4v) is 1.36. The van der Waals surface area contributed by atoms with Crippen LogP contribution in [0, 0.1) is 9.52 Å². The normalized spacial score (nSPS) is 10.9. The van der Waals surface area contributed by atoms with Crippen molar-refractivity contribution < 1.29 is 18.3 Å². The van der Waals surface area contributed by atoms with E-state index in [4.69, 9.17) is 5.11 Å². The van der Waals surface area contributed by atoms with Gasteiger partial charge in [-0.3, -0.25) is 0 Å². The molecule has 0 spiro atoms. The van der Waals surface area contributed by atoms with E-state index in [9.17, 15) is 13.2 Å². The first-order valence-corrected chi connectivity index (χ1v) is 4.37. The maximum absolute atomic E-state index is 13.1. The molecule has 0 bridgehead atoms. The summed E-state index contributed by atoms with van der Waals surface area (Å²) in [4.78, 5) is 3.54. The van der Waals surface area contributed by atoms with Crippen molar-refractivity contribution in [1.82, 2.24) is 4.98 Å². The highest BCUT2D eigenvalue weighted by molar-refractivity contribution is 14.1. The van der Waals surface area contributed by atoms with E-state index in [1.54, 1.807) is 22.6 Å². The molecule has 0 radical (unpaired) electrons. The molecule has 1 aromatic heterocycles. The van der Waals surface area contributed by atoms with Gasteiger partial charge in [-0.25, -0.2) is 18.2 Å². The van der Waals surface area contributed by atoms with Crippen molar-refractivity contribution in [1.29, 1.82) is 0 Å². The molecule has 1 N–H and O–H groups in total. The quantitative estimate of drug-likeness (QED) is 0.671. The van der Waals surface area contributed by atoms with E-state index in [1.807, 2.05) is 0 Å². The second-order valence-corrected chi connectivity index (χ2v) is 3.28. The number of pyridine rings is 1. The predicted octanol–water partition coefficient (Wildman–Crippen LogP) is 2.26. The van der Waals surface area contributed by atoms with Crippen LogP contribution in [0.15, 0.2) is 6.20 Å². The first kappa shape index (κ1) is 10.7. The summed E-state index contributed by atoms with van der Waals surface area (Å²) in [6.07, 6.45) is -2.13. The van der Waals surface area contributed by atoms with Gasteiger partial charge in [-0.2, -0.15) is 0 Å². The van der Waals surface area contributed by atoms with Crippen LogP contribution in [0.25, 0.3) is 0 Å². The molecule has 0 unspecified atom stereocenters. The van der Waals surface area contributed by atoms with Gasteiger partial charge in [0.05, 0.1) is 12.2 Å². The third-order valence-electron chi connectivity index (χ3n) is 1.48. The lowest BCUT2D eigenvalue weighted by atomic mass is 10.2. The lowest BCUT2D eigenvalue weighted by Gasteiger charge is -2.06. The van der Waals surface area contributed by atoms with Gasteiger partial charge in [0, 0.05) is 11.8 Å². The maximum atomic E-state index is 13.1. The first-order chi connectivity index (χ1) is 6.07. The van der Waals surface area contributed by atoms with Gasteiger partial charge in [0.25, 0.3) is 6.43 Å². The smallest absolute Gasteiger partial charge is 0.268 e. The molecule has 0 saturated heterocycles. The SMILES string of the molecule is OCc1c(I)ncc(C(F)F)c1F. The van der Waals surface area contributed by atoms with E-state index >= 15 is 0 Å². The van der Waals surface area contributed by atoms with Gasteiger partial charge in [0.2, 0.25) is 0 Å². The second-order valence-electron chi connectivity index (χ2n) is 2.26. The van der Waals surface area contributed by atoms with Crippen molar-refractivity contribution in [3.8, 4) is 0 Å². The molecule has 0 aliphatic heterocycles. The highest BCUT2D eigenvalue weighted by Gasteiger charge is 2.18. The summed E-state index contributed by atoms with van der Waals surface area (Å²) in [6, 6.07) is 0. The van der Waals surface area contributed by atoms with Crippen molar-refractivity contribution in [3.05, 3.63) is 26.8 Å². The summed E-state index contributed by atoms with van der Waals surface area (Å²) >= 11 is 1.67. The molecular weight excluding hydrogens is 298 g/mol. The van der Waals surface area contributed by atoms with E-state index in [0.717, 1.165) is 6.20 Å². The van der Waals surface area contributed by atoms with Crippen LogP contribution in [-0.4, -0.2) is 10.1 Å². The molecule has 13 heavy (non-hydrogen) atoms. The number of nitrogens with zero attached hydrogens (tertiary/aromatic N) is 1. The minimum atomic E-state index is -2.91. The van der Waals surface area contributed by atoms with E-state index < -0.39 is 24.4 Å². The molecule has 0 fully saturated rings. The number of aromatic nitrogens is 1. The molecule has 2 nitrogen and oxygen atoms in total. The predicted molar refractivity (Wildman–Crippen MR) is 47.8 cm³/mol. The van der Waals surface area contributed by atoms with Gasteiger partial charge in [-0.1, -0.05) is 0 Å². The Labute approximate surface area is 85.9 Å². The third-order valence-corrected chi connectivity index (χ3v) is 2.41. The van der Waals surface area contributed by atoms with Crippen LogP contribution in [-0.2, 0) is 6.61 Å². The monoisotopic (exact) mass is 303 g/mol. The highest BCUT2D eigenvalue weighted by atomic mass is 127. The number of rotatable bonds is 2. The summed E-state index contributed by atoms with van der Waals surface area (Å²) in [6.45, 7) is -0.627. The zero-order valence-corrected chi connectivity index (χ0v) is 8.43. The van der Waals surface area contributed by atoms with Crippen LogP contribution in [0.5, 0.6) is 0 Å². The summed E-state index contributed by atoms with van der Waals surface area (Å²) in [5, 5.41) is 8.68. The van der Waals surface area contributed by atoms with Crippen LogP contribution < -0.4 is 0 Å². The Morgan fingerprint density at radius 3 is 2.62 bits per heavy atom. The zero-order valence-electron chi connectivity index (χ0n) is 6.27. The number of halogens is 4. The van der Waals surface area contributed by atoms with E-state index in [-0.39, 0.29) is 9.26 Å². The molecule has 72 valence electrons. The van der Waals surface area contributed by atoms with E-state index in [2.05, 4.69) is 4.98 Å². The summed E-state index contributed by atoms with van der Waals surface area (Å²) in [5.74, 6) is -1.07. The molecule has 0 amide bonds. The summed E-state index contributed by atoms with van der Waals surface area (Å²) in [7, 11) is 0. The number of hydrogen-bond acceptors (Lipinski definition) is 2. The first-order valence-electron chi connectivity index (χ1n) is 3.29. The average molecular weight is 303 g/mol. The topological polar surface area (TPSA) is 33.1 Å². The fraction of sp³-hybridized carbons (Fsp3) is 0.286. The summed E-state index contributed by atoms with van der Waals surface area (Å²) in [5.41, 5.74) is -0.956. The molecule has 1 heterocycles. The van der Waals surface area contributed by atoms with Gasteiger partial charge in [-0.05, 0) is 22.6 Å². The Kier molecular flexibility index (Phi) is 3.48. The third kappa shape index (κ3) is 2.11. The van der Waals surface area contributed by atoms with Gasteiger partial charge < -0.3 is 5.11 Å². The lowest BCUT2D eigenvalue weighted by Crippen LogP contribution is -2.02. The van der Waals surface area contributed by atoms with Crippen LogP contribution in [0.1, 0.15) is 17.6 Å². The molecule has 1 rings (SSSR count). The van der Waals surface area contributed by atoms with Gasteiger partial charge >= 0.3 is 0 Å². The summed E-state index contributed by atoms with van der Waals surface area (Å²) < 4.78 is 37.5. The molecule has 0 aliphatic rings. The standard InChI is InChI=1S/C7H5F3INO/c8-5-3(6(9)10)1-12-7(11)4(5)2-13/h1,6,13H,2H2. The molecule has 0 aromatic carbocycles. The second kappa shape index (κ2) is 4.23. The van der Waals surface area contributed by atoms with Crippen molar-refractivity contribution in [2.24, 2.45) is 0 Å². The van der Waals surface area contributed by atoms with Gasteiger partial charge in [-0.15, -0.1) is 0 Å². The highest BCUT2D eigenvalue weighted by Crippen LogP contribution is 2.25. The van der Waals surface area contributed by atoms with Gasteiger partial charge in [0.15, 0.2) is 0 Å². The van der Waals surface area contributed by atoms with Crippen LogP contribution >= 0.6 is 22.6 Å². The minimum absolute atomic E-state index is 0.182. The Morgan fingerprint density at radius 2 is 2.15 bits per heavy atom. The van der Waals surface area contributed by atoms with Crippen LogP contribution in [0.3, 0.4) is 0 Å². The molecule has 1 aromatic rings. The molecule has 6 heteroatoms. The Hall–Kier alpha value is -0.370. The Balaban J connectivity index is 3.27. The molecular formula is C7H5F3INO. The number of hydrogen-bond donors (Lipinski definition) is 1. The molecule has 0 atom stereocenters. The lowest BCUT2D eigenvalue weighted by molar-refractivity contribution is 0.144. The largest absolute Gasteiger partial charge is 0.391 e. The van der Waals surface area contributed by atoms with Crippen LogP contribution in [0.4, 0.5) is 13.2 Å². The van der Waals surface area contributed by atoms with E-state index in [1.165, 1.54) is 0 Å². The molecule has 0 saturated carbocycles. The van der Waals surface area contributed by atoms with Crippen molar-refractivity contribution in [2.45, 2.75) is 13.0 Å². The minimum Gasteiger partial charge on any atom is -0.391 e. The molecule has 0 aliphatic carbocycles. The van der Waals surface area contributed by atoms with Crippen molar-refractivity contribution in [3.63, 3.8) is 0 Å². The van der Waals surface area contributed by atoms with Gasteiger partial charge in [0.1, 0.15) is 9.52 Å². The zero-order chi connectivity index (χ0) is 10.0. The Bertz CT molecular complexity index is 319. The maximum Gasteiger partial charge on any atom is 0.268 e. The fourth-order valence-electron chi connectivity index (χ4n) is 0.812. The van der Waals surface area contributed by atoms with Crippen molar-refractivity contribution >= 4 is 22.6 Å². The number of alkyl halides is 2. The van der Waals surface area contributed by atoms with Crippen LogP contribution in [0.2, 0.25) is 0 Å². The Morgan fingerprint density at radius 1 is 1.54 bits per heavy atom. The number of aliphatic hydroxyl groups is 1. The average Bonchev–Trinajstić information content (AvgIpc) is 2.04. The van der Waals surface area contributed by atoms with Crippen molar-refractivity contribution in [2.75, 3.05) is 0 Å². The van der Waals surface area contributed by atoms with E-state index in [0.29, 0.717) is 0 Å².